The molecule has 0 spiro atoms. The maximum absolute atomic E-state index is 11.9. The number of nitrogens with one attached hydrogen (secondary N) is 1. The van der Waals surface area contributed by atoms with Gasteiger partial charge in [-0.05, 0) is 43.2 Å². The van der Waals surface area contributed by atoms with Crippen LogP contribution < -0.4 is 14.8 Å². The molecule has 144 valence electrons. The predicted octanol–water partition coefficient (Wildman–Crippen LogP) is 3.18. The zero-order valence-corrected chi connectivity index (χ0v) is 15.7. The molecule has 2 N–H and O–H groups in total. The molecule has 2 aromatic carbocycles. The fraction of sp³-hybridized carbons (Fsp3) is 0.300. The molecule has 1 unspecified atom stereocenters. The van der Waals surface area contributed by atoms with Crippen LogP contribution in [0.4, 0.5) is 0 Å². The van der Waals surface area contributed by atoms with Gasteiger partial charge in [-0.25, -0.2) is 0 Å². The van der Waals surface area contributed by atoms with E-state index in [9.17, 15) is 14.7 Å². The van der Waals surface area contributed by atoms with E-state index in [1.807, 2.05) is 19.1 Å². The van der Waals surface area contributed by atoms with Gasteiger partial charge < -0.3 is 19.9 Å². The number of carboxylic acid groups (broad SMARTS) is 1. The van der Waals surface area contributed by atoms with Crippen molar-refractivity contribution in [2.24, 2.45) is 5.92 Å². The number of carboxylic acids is 1. The maximum atomic E-state index is 11.9. The normalized spacial score (nSPS) is 11.5. The van der Waals surface area contributed by atoms with Gasteiger partial charge in [0, 0.05) is 6.54 Å². The van der Waals surface area contributed by atoms with Crippen LogP contribution in [0.15, 0.2) is 48.5 Å². The molecule has 27 heavy (non-hydrogen) atoms. The lowest BCUT2D eigenvalue weighted by atomic mass is 9.99. The predicted molar refractivity (Wildman–Crippen MR) is 102 cm³/mol. The number of carbonyl (C=O) groups is 2. The summed E-state index contributed by atoms with van der Waals surface area (Å²) in [6, 6.07) is 14.1. The van der Waals surface area contributed by atoms with Gasteiger partial charge in [-0.3, -0.25) is 9.59 Å². The molecule has 0 fully saturated rings. The van der Waals surface area contributed by atoms with Crippen molar-refractivity contribution in [2.75, 3.05) is 19.8 Å². The lowest BCUT2D eigenvalue weighted by Gasteiger charge is -2.14. The minimum absolute atomic E-state index is 0.00720. The van der Waals surface area contributed by atoms with Gasteiger partial charge in [-0.1, -0.05) is 35.9 Å². The number of rotatable bonds is 10. The third-order valence-electron chi connectivity index (χ3n) is 3.81. The van der Waals surface area contributed by atoms with E-state index in [2.05, 4.69) is 5.32 Å². The Balaban J connectivity index is 1.83. The molecule has 2 aromatic rings. The second-order valence-electron chi connectivity index (χ2n) is 5.84. The molecule has 0 heterocycles. The highest BCUT2D eigenvalue weighted by atomic mass is 35.5. The zero-order chi connectivity index (χ0) is 19.6. The molecule has 6 nitrogen and oxygen atoms in total. The van der Waals surface area contributed by atoms with E-state index in [0.717, 1.165) is 11.3 Å². The Kier molecular flexibility index (Phi) is 7.95. The number of hydrogen-bond acceptors (Lipinski definition) is 4. The Morgan fingerprint density at radius 3 is 2.44 bits per heavy atom. The van der Waals surface area contributed by atoms with Gasteiger partial charge in [0.25, 0.3) is 5.91 Å². The average molecular weight is 392 g/mol. The zero-order valence-electron chi connectivity index (χ0n) is 15.0. The fourth-order valence-corrected chi connectivity index (χ4v) is 2.60. The van der Waals surface area contributed by atoms with Gasteiger partial charge >= 0.3 is 5.97 Å². The summed E-state index contributed by atoms with van der Waals surface area (Å²) < 4.78 is 10.7. The first-order chi connectivity index (χ1) is 13.0. The molecule has 0 aliphatic rings. The molecule has 0 aromatic heterocycles. The summed E-state index contributed by atoms with van der Waals surface area (Å²) in [7, 11) is 0. The molecular weight excluding hydrogens is 370 g/mol. The highest BCUT2D eigenvalue weighted by molar-refractivity contribution is 6.32. The molecule has 0 aliphatic carbocycles. The molecule has 2 rings (SSSR count). The van der Waals surface area contributed by atoms with Crippen molar-refractivity contribution in [3.05, 3.63) is 59.1 Å². The van der Waals surface area contributed by atoms with Gasteiger partial charge in [-0.2, -0.15) is 0 Å². The quantitative estimate of drug-likeness (QED) is 0.649. The van der Waals surface area contributed by atoms with Crippen LogP contribution in [0.25, 0.3) is 0 Å². The number of aliphatic carboxylic acids is 1. The summed E-state index contributed by atoms with van der Waals surface area (Å²) >= 11 is 5.95. The molecule has 1 amide bonds. The van der Waals surface area contributed by atoms with E-state index >= 15 is 0 Å². The molecule has 0 aliphatic heterocycles. The Hall–Kier alpha value is -2.73. The molecule has 0 saturated carbocycles. The third-order valence-corrected chi connectivity index (χ3v) is 4.12. The van der Waals surface area contributed by atoms with Gasteiger partial charge in [0.1, 0.15) is 11.5 Å². The van der Waals surface area contributed by atoms with Crippen LogP contribution in [0.1, 0.15) is 12.5 Å². The number of halogens is 1. The van der Waals surface area contributed by atoms with Gasteiger partial charge in [0.2, 0.25) is 0 Å². The molecule has 0 saturated heterocycles. The average Bonchev–Trinajstić information content (AvgIpc) is 2.65. The Bertz CT molecular complexity index is 763. The van der Waals surface area contributed by atoms with Crippen molar-refractivity contribution >= 4 is 23.5 Å². The Morgan fingerprint density at radius 2 is 1.81 bits per heavy atom. The summed E-state index contributed by atoms with van der Waals surface area (Å²) in [6.45, 7) is 2.23. The van der Waals surface area contributed by atoms with Crippen LogP contribution in [0.3, 0.4) is 0 Å². The van der Waals surface area contributed by atoms with E-state index in [1.54, 1.807) is 36.4 Å². The van der Waals surface area contributed by atoms with Crippen molar-refractivity contribution < 1.29 is 24.2 Å². The van der Waals surface area contributed by atoms with Crippen molar-refractivity contribution in [1.29, 1.82) is 0 Å². The molecule has 0 bridgehead atoms. The summed E-state index contributed by atoms with van der Waals surface area (Å²) in [6.07, 6.45) is 0.299. The summed E-state index contributed by atoms with van der Waals surface area (Å²) in [5.41, 5.74) is 0.854. The summed E-state index contributed by atoms with van der Waals surface area (Å²) in [5.74, 6) is -0.993. The van der Waals surface area contributed by atoms with Crippen molar-refractivity contribution in [2.45, 2.75) is 13.3 Å². The fourth-order valence-electron chi connectivity index (χ4n) is 2.41. The monoisotopic (exact) mass is 391 g/mol. The minimum atomic E-state index is -0.976. The number of ether oxygens (including phenoxy) is 2. The van der Waals surface area contributed by atoms with E-state index in [1.165, 1.54) is 0 Å². The minimum Gasteiger partial charge on any atom is -0.494 e. The summed E-state index contributed by atoms with van der Waals surface area (Å²) in [4.78, 5) is 23.4. The lowest BCUT2D eigenvalue weighted by molar-refractivity contribution is -0.141. The standard InChI is InChI=1S/C20H22ClNO5/c1-2-26-16-9-7-14(8-10-16)11-15(20(24)25)12-22-19(23)13-27-18-6-4-3-5-17(18)21/h3-10,15H,2,11-13H2,1H3,(H,22,23)(H,24,25). The van der Waals surface area contributed by atoms with Crippen LogP contribution >= 0.6 is 11.6 Å². The van der Waals surface area contributed by atoms with Crippen molar-refractivity contribution in [3.8, 4) is 11.5 Å². The SMILES string of the molecule is CCOc1ccc(CC(CNC(=O)COc2ccccc2Cl)C(=O)O)cc1. The van der Waals surface area contributed by atoms with Crippen LogP contribution in [-0.4, -0.2) is 36.7 Å². The first-order valence-electron chi connectivity index (χ1n) is 8.58. The van der Waals surface area contributed by atoms with Gasteiger partial charge in [0.05, 0.1) is 17.5 Å². The molecular formula is C20H22ClNO5. The smallest absolute Gasteiger partial charge is 0.308 e. The highest BCUT2D eigenvalue weighted by Gasteiger charge is 2.19. The second kappa shape index (κ2) is 10.4. The molecule has 7 heteroatoms. The maximum Gasteiger partial charge on any atom is 0.308 e. The largest absolute Gasteiger partial charge is 0.494 e. The van der Waals surface area contributed by atoms with Crippen LogP contribution in [0, 0.1) is 5.92 Å². The van der Waals surface area contributed by atoms with Crippen molar-refractivity contribution in [1.82, 2.24) is 5.32 Å². The number of carbonyl (C=O) groups excluding carboxylic acids is 1. The second-order valence-corrected chi connectivity index (χ2v) is 6.25. The van der Waals surface area contributed by atoms with E-state index < -0.39 is 17.8 Å². The van der Waals surface area contributed by atoms with Crippen molar-refractivity contribution in [3.63, 3.8) is 0 Å². The van der Waals surface area contributed by atoms with Crippen LogP contribution in [-0.2, 0) is 16.0 Å². The number of amides is 1. The third kappa shape index (κ3) is 6.83. The Morgan fingerprint density at radius 1 is 1.11 bits per heavy atom. The van der Waals surface area contributed by atoms with E-state index in [4.69, 9.17) is 21.1 Å². The number of hydrogen-bond donors (Lipinski definition) is 2. The van der Waals surface area contributed by atoms with E-state index in [-0.39, 0.29) is 13.2 Å². The first-order valence-corrected chi connectivity index (χ1v) is 8.96. The van der Waals surface area contributed by atoms with Gasteiger partial charge in [-0.15, -0.1) is 0 Å². The first kappa shape index (κ1) is 20.6. The summed E-state index contributed by atoms with van der Waals surface area (Å²) in [5, 5.41) is 12.4. The number of para-hydroxylation sites is 1. The lowest BCUT2D eigenvalue weighted by Crippen LogP contribution is -2.36. The van der Waals surface area contributed by atoms with Crippen LogP contribution in [0.5, 0.6) is 11.5 Å². The van der Waals surface area contributed by atoms with Gasteiger partial charge in [0.15, 0.2) is 6.61 Å². The topological polar surface area (TPSA) is 84.9 Å². The molecule has 1 atom stereocenters. The Labute approximate surface area is 163 Å². The number of benzene rings is 2. The van der Waals surface area contributed by atoms with Crippen LogP contribution in [0.2, 0.25) is 5.02 Å². The highest BCUT2D eigenvalue weighted by Crippen LogP contribution is 2.22. The molecule has 0 radical (unpaired) electrons. The van der Waals surface area contributed by atoms with E-state index in [0.29, 0.717) is 23.8 Å².